The lowest BCUT2D eigenvalue weighted by atomic mass is 10.1. The fourth-order valence-corrected chi connectivity index (χ4v) is 1.66. The molecule has 4 nitrogen and oxygen atoms in total. The molecule has 0 spiro atoms. The van der Waals surface area contributed by atoms with E-state index in [-0.39, 0.29) is 5.91 Å². The van der Waals surface area contributed by atoms with Gasteiger partial charge in [0, 0.05) is 20.5 Å². The van der Waals surface area contributed by atoms with Gasteiger partial charge in [0.15, 0.2) is 0 Å². The maximum Gasteiger partial charge on any atom is 0.222 e. The molecule has 4 heteroatoms. The van der Waals surface area contributed by atoms with Gasteiger partial charge < -0.3 is 14.7 Å². The van der Waals surface area contributed by atoms with Gasteiger partial charge in [0.05, 0.1) is 12.7 Å². The first-order chi connectivity index (χ1) is 9.04. The fourth-order valence-electron chi connectivity index (χ4n) is 1.66. The number of amides is 1. The van der Waals surface area contributed by atoms with Gasteiger partial charge in [0.1, 0.15) is 5.75 Å². The second-order valence-corrected chi connectivity index (χ2v) is 4.73. The second-order valence-electron chi connectivity index (χ2n) is 4.73. The summed E-state index contributed by atoms with van der Waals surface area (Å²) in [7, 11) is 3.50. The fraction of sp³-hybridized carbons (Fsp3) is 0.533. The van der Waals surface area contributed by atoms with Crippen molar-refractivity contribution < 1.29 is 14.6 Å². The third-order valence-electron chi connectivity index (χ3n) is 2.95. The third-order valence-corrected chi connectivity index (χ3v) is 2.95. The number of aliphatic hydroxyl groups excluding tert-OH is 1. The molecule has 1 unspecified atom stereocenters. The molecule has 0 heterocycles. The molecule has 1 N–H and O–H groups in total. The lowest BCUT2D eigenvalue weighted by Crippen LogP contribution is -2.21. The average molecular weight is 265 g/mol. The summed E-state index contributed by atoms with van der Waals surface area (Å²) in [6, 6.07) is 7.44. The van der Waals surface area contributed by atoms with Crippen molar-refractivity contribution in [1.29, 1.82) is 0 Å². The van der Waals surface area contributed by atoms with Gasteiger partial charge in [0.25, 0.3) is 0 Å². The van der Waals surface area contributed by atoms with Crippen molar-refractivity contribution in [2.24, 2.45) is 0 Å². The van der Waals surface area contributed by atoms with Crippen LogP contribution in [-0.4, -0.2) is 36.6 Å². The molecule has 0 aliphatic rings. The number of hydrogen-bond acceptors (Lipinski definition) is 3. The molecule has 1 atom stereocenters. The van der Waals surface area contributed by atoms with Crippen LogP contribution in [0.15, 0.2) is 24.3 Å². The van der Waals surface area contributed by atoms with Crippen molar-refractivity contribution >= 4 is 5.91 Å². The topological polar surface area (TPSA) is 49.8 Å². The normalized spacial score (nSPS) is 12.0. The van der Waals surface area contributed by atoms with E-state index < -0.39 is 6.10 Å². The molecule has 1 aromatic rings. The molecule has 0 aliphatic carbocycles. The Morgan fingerprint density at radius 3 is 2.47 bits per heavy atom. The molecule has 0 aliphatic heterocycles. The molecule has 19 heavy (non-hydrogen) atoms. The van der Waals surface area contributed by atoms with Gasteiger partial charge in [-0.05, 0) is 30.5 Å². The van der Waals surface area contributed by atoms with E-state index in [0.717, 1.165) is 11.3 Å². The quantitative estimate of drug-likeness (QED) is 0.770. The van der Waals surface area contributed by atoms with Crippen molar-refractivity contribution in [1.82, 2.24) is 4.90 Å². The monoisotopic (exact) mass is 265 g/mol. The predicted octanol–water partition coefficient (Wildman–Crippen LogP) is 2.38. The van der Waals surface area contributed by atoms with E-state index in [0.29, 0.717) is 25.9 Å². The highest BCUT2D eigenvalue weighted by Gasteiger charge is 2.05. The van der Waals surface area contributed by atoms with Crippen molar-refractivity contribution in [2.45, 2.75) is 32.3 Å². The van der Waals surface area contributed by atoms with Crippen LogP contribution >= 0.6 is 0 Å². The molecule has 1 rings (SSSR count). The summed E-state index contributed by atoms with van der Waals surface area (Å²) in [6.45, 7) is 2.46. The Bertz CT molecular complexity index is 387. The number of carbonyl (C=O) groups excluding carboxylic acids is 1. The van der Waals surface area contributed by atoms with E-state index in [1.807, 2.05) is 31.2 Å². The highest BCUT2D eigenvalue weighted by atomic mass is 16.5. The van der Waals surface area contributed by atoms with E-state index in [4.69, 9.17) is 4.74 Å². The second kappa shape index (κ2) is 7.79. The molecular formula is C15H23NO3. The summed E-state index contributed by atoms with van der Waals surface area (Å²) in [5.41, 5.74) is 0.901. The molecule has 1 amide bonds. The van der Waals surface area contributed by atoms with Gasteiger partial charge in [-0.2, -0.15) is 0 Å². The van der Waals surface area contributed by atoms with Gasteiger partial charge in [-0.3, -0.25) is 4.79 Å². The van der Waals surface area contributed by atoms with E-state index in [1.165, 1.54) is 0 Å². The van der Waals surface area contributed by atoms with Crippen LogP contribution in [0.25, 0.3) is 0 Å². The molecular weight excluding hydrogens is 242 g/mol. The van der Waals surface area contributed by atoms with Crippen LogP contribution in [-0.2, 0) is 4.79 Å². The van der Waals surface area contributed by atoms with Crippen molar-refractivity contribution in [3.05, 3.63) is 29.8 Å². The van der Waals surface area contributed by atoms with Gasteiger partial charge in [-0.25, -0.2) is 0 Å². The van der Waals surface area contributed by atoms with Gasteiger partial charge in [-0.1, -0.05) is 19.1 Å². The Morgan fingerprint density at radius 2 is 1.95 bits per heavy atom. The summed E-state index contributed by atoms with van der Waals surface area (Å²) in [5.74, 6) is 0.884. The summed E-state index contributed by atoms with van der Waals surface area (Å²) < 4.78 is 5.55. The first kappa shape index (κ1) is 15.5. The predicted molar refractivity (Wildman–Crippen MR) is 75.1 cm³/mol. The highest BCUT2D eigenvalue weighted by Crippen LogP contribution is 2.19. The van der Waals surface area contributed by atoms with E-state index in [1.54, 1.807) is 19.0 Å². The number of carbonyl (C=O) groups is 1. The Labute approximate surface area is 115 Å². The minimum atomic E-state index is -0.410. The zero-order chi connectivity index (χ0) is 14.3. The molecule has 0 saturated heterocycles. The first-order valence-electron chi connectivity index (χ1n) is 6.65. The van der Waals surface area contributed by atoms with Gasteiger partial charge in [-0.15, -0.1) is 0 Å². The number of benzene rings is 1. The Morgan fingerprint density at radius 1 is 1.32 bits per heavy atom. The smallest absolute Gasteiger partial charge is 0.222 e. The number of nitrogens with zero attached hydrogens (tertiary/aromatic N) is 1. The maximum atomic E-state index is 11.3. The van der Waals surface area contributed by atoms with E-state index in [9.17, 15) is 9.90 Å². The van der Waals surface area contributed by atoms with Crippen LogP contribution in [0.3, 0.4) is 0 Å². The number of aliphatic hydroxyl groups is 1. The van der Waals surface area contributed by atoms with Crippen LogP contribution in [0.5, 0.6) is 5.75 Å². The average Bonchev–Trinajstić information content (AvgIpc) is 2.43. The Balaban J connectivity index is 2.32. The molecule has 0 bridgehead atoms. The SMILES string of the molecule is CCC(O)c1ccc(OCCCC(=O)N(C)C)cc1. The van der Waals surface area contributed by atoms with Gasteiger partial charge >= 0.3 is 0 Å². The summed E-state index contributed by atoms with van der Waals surface area (Å²) in [6.07, 6.45) is 1.50. The van der Waals surface area contributed by atoms with Crippen molar-refractivity contribution in [2.75, 3.05) is 20.7 Å². The molecule has 0 fully saturated rings. The number of ether oxygens (including phenoxy) is 1. The van der Waals surface area contributed by atoms with Gasteiger partial charge in [0.2, 0.25) is 5.91 Å². The molecule has 0 aromatic heterocycles. The molecule has 0 saturated carbocycles. The largest absolute Gasteiger partial charge is 0.494 e. The highest BCUT2D eigenvalue weighted by molar-refractivity contribution is 5.75. The zero-order valence-electron chi connectivity index (χ0n) is 11.9. The summed E-state index contributed by atoms with van der Waals surface area (Å²) >= 11 is 0. The van der Waals surface area contributed by atoms with Crippen LogP contribution in [0.1, 0.15) is 37.9 Å². The number of hydrogen-bond donors (Lipinski definition) is 1. The number of rotatable bonds is 7. The lowest BCUT2D eigenvalue weighted by Gasteiger charge is -2.11. The van der Waals surface area contributed by atoms with Crippen LogP contribution in [0.4, 0.5) is 0 Å². The van der Waals surface area contributed by atoms with E-state index >= 15 is 0 Å². The minimum Gasteiger partial charge on any atom is -0.494 e. The summed E-state index contributed by atoms with van der Waals surface area (Å²) in [4.78, 5) is 12.9. The third kappa shape index (κ3) is 5.30. The van der Waals surface area contributed by atoms with E-state index in [2.05, 4.69) is 0 Å². The lowest BCUT2D eigenvalue weighted by molar-refractivity contribution is -0.128. The Kier molecular flexibility index (Phi) is 6.36. The zero-order valence-corrected chi connectivity index (χ0v) is 11.9. The van der Waals surface area contributed by atoms with Crippen molar-refractivity contribution in [3.8, 4) is 5.75 Å². The van der Waals surface area contributed by atoms with Crippen LogP contribution in [0.2, 0.25) is 0 Å². The first-order valence-corrected chi connectivity index (χ1v) is 6.65. The Hall–Kier alpha value is -1.55. The molecule has 0 radical (unpaired) electrons. The van der Waals surface area contributed by atoms with Crippen LogP contribution in [0, 0.1) is 0 Å². The maximum absolute atomic E-state index is 11.3. The molecule has 1 aromatic carbocycles. The summed E-state index contributed by atoms with van der Waals surface area (Å²) in [5, 5.41) is 9.66. The van der Waals surface area contributed by atoms with Crippen LogP contribution < -0.4 is 4.74 Å². The standard InChI is InChI=1S/C15H23NO3/c1-4-14(17)12-7-9-13(10-8-12)19-11-5-6-15(18)16(2)3/h7-10,14,17H,4-6,11H2,1-3H3. The molecule has 106 valence electrons. The van der Waals surface area contributed by atoms with Crippen molar-refractivity contribution in [3.63, 3.8) is 0 Å². The minimum absolute atomic E-state index is 0.116.